The van der Waals surface area contributed by atoms with Crippen molar-refractivity contribution in [2.75, 3.05) is 0 Å². The van der Waals surface area contributed by atoms with Gasteiger partial charge in [-0.1, -0.05) is 51.0 Å². The van der Waals surface area contributed by atoms with Gasteiger partial charge in [0.1, 0.15) is 5.78 Å². The molecule has 1 aliphatic carbocycles. The van der Waals surface area contributed by atoms with Crippen LogP contribution in [0.4, 0.5) is 0 Å². The van der Waals surface area contributed by atoms with E-state index in [0.29, 0.717) is 11.7 Å². The SMILES string of the molecule is CCCCc1ccc([C@@H]2CC[C@@H](CC)CC2=O)cc1. The van der Waals surface area contributed by atoms with Crippen molar-refractivity contribution in [2.45, 2.75) is 64.7 Å². The molecule has 2 rings (SSSR count). The Morgan fingerprint density at radius 2 is 1.84 bits per heavy atom. The Hall–Kier alpha value is -1.11. The van der Waals surface area contributed by atoms with Crippen molar-refractivity contribution in [3.05, 3.63) is 35.4 Å². The molecule has 1 heteroatoms. The van der Waals surface area contributed by atoms with Crippen LogP contribution in [0.25, 0.3) is 0 Å². The number of Topliss-reactive ketones (excluding diaryl/α,β-unsaturated/α-hetero) is 1. The molecule has 1 nitrogen and oxygen atoms in total. The predicted molar refractivity (Wildman–Crippen MR) is 80.4 cm³/mol. The Labute approximate surface area is 117 Å². The van der Waals surface area contributed by atoms with Crippen LogP contribution in [0.5, 0.6) is 0 Å². The molecule has 0 aromatic heterocycles. The van der Waals surface area contributed by atoms with Gasteiger partial charge in [0.2, 0.25) is 0 Å². The molecule has 0 spiro atoms. The number of benzene rings is 1. The van der Waals surface area contributed by atoms with Crippen molar-refractivity contribution in [1.82, 2.24) is 0 Å². The van der Waals surface area contributed by atoms with Gasteiger partial charge in [-0.15, -0.1) is 0 Å². The minimum absolute atomic E-state index is 0.169. The summed E-state index contributed by atoms with van der Waals surface area (Å²) < 4.78 is 0. The van der Waals surface area contributed by atoms with Crippen LogP contribution >= 0.6 is 0 Å². The normalized spacial score (nSPS) is 23.6. The lowest BCUT2D eigenvalue weighted by molar-refractivity contribution is -0.123. The van der Waals surface area contributed by atoms with Crippen LogP contribution in [-0.4, -0.2) is 5.78 Å². The number of ketones is 1. The van der Waals surface area contributed by atoms with Gasteiger partial charge in [0.25, 0.3) is 0 Å². The fraction of sp³-hybridized carbons (Fsp3) is 0.611. The van der Waals surface area contributed by atoms with E-state index in [9.17, 15) is 4.79 Å². The minimum atomic E-state index is 0.169. The van der Waals surface area contributed by atoms with E-state index < -0.39 is 0 Å². The van der Waals surface area contributed by atoms with E-state index in [1.165, 1.54) is 30.4 Å². The molecule has 0 bridgehead atoms. The van der Waals surface area contributed by atoms with E-state index >= 15 is 0 Å². The molecule has 2 atom stereocenters. The predicted octanol–water partition coefficient (Wildman–Crippen LogP) is 4.89. The molecule has 104 valence electrons. The standard InChI is InChI=1S/C18H26O/c1-3-5-6-15-7-10-16(11-8-15)17-12-9-14(4-2)13-18(17)19/h7-8,10-11,14,17H,3-6,9,12-13H2,1-2H3/t14-,17+/m1/s1. The van der Waals surface area contributed by atoms with E-state index in [2.05, 4.69) is 38.1 Å². The zero-order valence-electron chi connectivity index (χ0n) is 12.3. The topological polar surface area (TPSA) is 17.1 Å². The number of rotatable bonds is 5. The Bertz CT molecular complexity index is 404. The van der Waals surface area contributed by atoms with Crippen LogP contribution < -0.4 is 0 Å². The van der Waals surface area contributed by atoms with Gasteiger partial charge in [-0.25, -0.2) is 0 Å². The van der Waals surface area contributed by atoms with E-state index in [4.69, 9.17) is 0 Å². The highest BCUT2D eigenvalue weighted by Crippen LogP contribution is 2.34. The highest BCUT2D eigenvalue weighted by Gasteiger charge is 2.28. The first-order valence-corrected chi connectivity index (χ1v) is 7.86. The molecule has 1 aromatic carbocycles. The Morgan fingerprint density at radius 1 is 1.11 bits per heavy atom. The van der Waals surface area contributed by atoms with Crippen molar-refractivity contribution < 1.29 is 4.79 Å². The monoisotopic (exact) mass is 258 g/mol. The number of carbonyl (C=O) groups is 1. The molecular weight excluding hydrogens is 232 g/mol. The average molecular weight is 258 g/mol. The van der Waals surface area contributed by atoms with Gasteiger partial charge in [0.05, 0.1) is 0 Å². The third-order valence-electron chi connectivity index (χ3n) is 4.52. The fourth-order valence-corrected chi connectivity index (χ4v) is 3.09. The molecule has 1 aliphatic rings. The summed E-state index contributed by atoms with van der Waals surface area (Å²) in [6.07, 6.45) is 7.85. The molecule has 0 unspecified atom stereocenters. The van der Waals surface area contributed by atoms with Crippen molar-refractivity contribution in [1.29, 1.82) is 0 Å². The first-order chi connectivity index (χ1) is 9.24. The van der Waals surface area contributed by atoms with Crippen molar-refractivity contribution in [2.24, 2.45) is 5.92 Å². The largest absolute Gasteiger partial charge is 0.299 e. The van der Waals surface area contributed by atoms with Gasteiger partial charge in [-0.3, -0.25) is 4.79 Å². The highest BCUT2D eigenvalue weighted by molar-refractivity contribution is 5.86. The zero-order valence-corrected chi connectivity index (χ0v) is 12.3. The molecule has 0 saturated heterocycles. The average Bonchev–Trinajstić information content (AvgIpc) is 2.45. The van der Waals surface area contributed by atoms with Crippen molar-refractivity contribution >= 4 is 5.78 Å². The molecule has 0 heterocycles. The minimum Gasteiger partial charge on any atom is -0.299 e. The maximum atomic E-state index is 12.2. The van der Waals surface area contributed by atoms with E-state index in [1.807, 2.05) is 0 Å². The van der Waals surface area contributed by atoms with Crippen molar-refractivity contribution in [3.63, 3.8) is 0 Å². The van der Waals surface area contributed by atoms with Crippen LogP contribution in [0.2, 0.25) is 0 Å². The smallest absolute Gasteiger partial charge is 0.140 e. The summed E-state index contributed by atoms with van der Waals surface area (Å²) >= 11 is 0. The molecule has 0 radical (unpaired) electrons. The summed E-state index contributed by atoms with van der Waals surface area (Å²) in [5.74, 6) is 1.26. The molecular formula is C18H26O. The molecule has 1 aromatic rings. The molecule has 19 heavy (non-hydrogen) atoms. The summed E-state index contributed by atoms with van der Waals surface area (Å²) in [6.45, 7) is 4.42. The number of aryl methyl sites for hydroxylation is 1. The number of hydrogen-bond acceptors (Lipinski definition) is 1. The van der Waals surface area contributed by atoms with Crippen LogP contribution in [0.3, 0.4) is 0 Å². The lowest BCUT2D eigenvalue weighted by atomic mass is 9.77. The van der Waals surface area contributed by atoms with Gasteiger partial charge in [-0.2, -0.15) is 0 Å². The van der Waals surface area contributed by atoms with Crippen LogP contribution in [0.15, 0.2) is 24.3 Å². The molecule has 0 amide bonds. The highest BCUT2D eigenvalue weighted by atomic mass is 16.1. The van der Waals surface area contributed by atoms with Crippen LogP contribution in [0.1, 0.15) is 69.4 Å². The maximum Gasteiger partial charge on any atom is 0.140 e. The van der Waals surface area contributed by atoms with Crippen molar-refractivity contribution in [3.8, 4) is 0 Å². The Balaban J connectivity index is 2.00. The van der Waals surface area contributed by atoms with Crippen LogP contribution in [0, 0.1) is 5.92 Å². The number of hydrogen-bond donors (Lipinski definition) is 0. The zero-order chi connectivity index (χ0) is 13.7. The second-order valence-electron chi connectivity index (χ2n) is 5.92. The van der Waals surface area contributed by atoms with Gasteiger partial charge < -0.3 is 0 Å². The van der Waals surface area contributed by atoms with E-state index in [-0.39, 0.29) is 5.92 Å². The summed E-state index contributed by atoms with van der Waals surface area (Å²) in [6, 6.07) is 8.79. The fourth-order valence-electron chi connectivity index (χ4n) is 3.09. The molecule has 1 fully saturated rings. The third-order valence-corrected chi connectivity index (χ3v) is 4.52. The summed E-state index contributed by atoms with van der Waals surface area (Å²) in [7, 11) is 0. The summed E-state index contributed by atoms with van der Waals surface area (Å²) in [5, 5.41) is 0. The van der Waals surface area contributed by atoms with E-state index in [1.54, 1.807) is 0 Å². The van der Waals surface area contributed by atoms with Gasteiger partial charge in [-0.05, 0) is 42.7 Å². The molecule has 0 aliphatic heterocycles. The summed E-state index contributed by atoms with van der Waals surface area (Å²) in [5.41, 5.74) is 2.64. The van der Waals surface area contributed by atoms with Gasteiger partial charge >= 0.3 is 0 Å². The quantitative estimate of drug-likeness (QED) is 0.734. The van der Waals surface area contributed by atoms with Gasteiger partial charge in [0.15, 0.2) is 0 Å². The second-order valence-corrected chi connectivity index (χ2v) is 5.92. The molecule has 0 N–H and O–H groups in total. The van der Waals surface area contributed by atoms with E-state index in [0.717, 1.165) is 25.7 Å². The van der Waals surface area contributed by atoms with Gasteiger partial charge in [0, 0.05) is 12.3 Å². The first-order valence-electron chi connectivity index (χ1n) is 7.86. The number of carbonyl (C=O) groups excluding carboxylic acids is 1. The third kappa shape index (κ3) is 3.68. The first kappa shape index (κ1) is 14.3. The lowest BCUT2D eigenvalue weighted by Crippen LogP contribution is -2.23. The Morgan fingerprint density at radius 3 is 2.42 bits per heavy atom. The van der Waals surface area contributed by atoms with Crippen LogP contribution in [-0.2, 0) is 11.2 Å². The Kier molecular flexibility index (Phi) is 5.18. The molecule has 1 saturated carbocycles. The second kappa shape index (κ2) is 6.88. The number of unbranched alkanes of at least 4 members (excludes halogenated alkanes) is 1. The summed E-state index contributed by atoms with van der Waals surface area (Å²) in [4.78, 5) is 12.2. The lowest BCUT2D eigenvalue weighted by Gasteiger charge is -2.27. The maximum absolute atomic E-state index is 12.2.